The predicted octanol–water partition coefficient (Wildman–Crippen LogP) is 13.9. The van der Waals surface area contributed by atoms with Crippen molar-refractivity contribution in [1.82, 2.24) is 9.97 Å². The molecule has 252 valence electrons. The Morgan fingerprint density at radius 3 is 1.61 bits per heavy atom. The molecule has 9 aromatic carbocycles. The standard InChI is InChI=1S/C52H34N2/c1-3-13-35(14-4-1)39-21-9-22-43(32-39)49-34-50(48-26-12-20-38-19-11-25-47(51(38)48)37-15-5-2-6-16-37)54-52(53-49)44-30-28-40-31-42(29-27-41(40)33-44)46-24-10-18-36-17-7-8-23-45(36)46/h1-34H. The molecule has 1 heterocycles. The third-order valence-corrected chi connectivity index (χ3v) is 10.5. The lowest BCUT2D eigenvalue weighted by Gasteiger charge is -2.15. The molecule has 54 heavy (non-hydrogen) atoms. The summed E-state index contributed by atoms with van der Waals surface area (Å²) in [6.45, 7) is 0. The summed E-state index contributed by atoms with van der Waals surface area (Å²) in [5.41, 5.74) is 12.0. The van der Waals surface area contributed by atoms with Gasteiger partial charge in [-0.05, 0) is 90.0 Å². The minimum absolute atomic E-state index is 0.696. The van der Waals surface area contributed by atoms with Crippen LogP contribution in [0.3, 0.4) is 0 Å². The molecule has 0 saturated heterocycles. The zero-order valence-electron chi connectivity index (χ0n) is 29.5. The molecule has 2 nitrogen and oxygen atoms in total. The molecule has 0 fully saturated rings. The highest BCUT2D eigenvalue weighted by atomic mass is 14.9. The minimum Gasteiger partial charge on any atom is -0.228 e. The van der Waals surface area contributed by atoms with Crippen molar-refractivity contribution in [1.29, 1.82) is 0 Å². The molecule has 0 aliphatic heterocycles. The van der Waals surface area contributed by atoms with Crippen LogP contribution in [0.15, 0.2) is 206 Å². The van der Waals surface area contributed by atoms with Crippen LogP contribution in [0.1, 0.15) is 0 Å². The van der Waals surface area contributed by atoms with E-state index in [4.69, 9.17) is 9.97 Å². The number of benzene rings is 9. The van der Waals surface area contributed by atoms with Crippen LogP contribution < -0.4 is 0 Å². The maximum absolute atomic E-state index is 5.36. The SMILES string of the molecule is c1ccc(-c2cccc(-c3cc(-c4cccc5cccc(-c6ccccc6)c45)nc(-c4ccc5cc(-c6cccc7ccccc67)ccc5c4)n3)c2)cc1. The number of rotatable bonds is 6. The van der Waals surface area contributed by atoms with Crippen LogP contribution in [0.25, 0.3) is 99.6 Å². The summed E-state index contributed by atoms with van der Waals surface area (Å²) in [5.74, 6) is 0.696. The van der Waals surface area contributed by atoms with Crippen molar-refractivity contribution >= 4 is 32.3 Å². The zero-order chi connectivity index (χ0) is 35.8. The van der Waals surface area contributed by atoms with Crippen LogP contribution in [-0.2, 0) is 0 Å². The number of aromatic nitrogens is 2. The fourth-order valence-corrected chi connectivity index (χ4v) is 7.79. The van der Waals surface area contributed by atoms with Gasteiger partial charge < -0.3 is 0 Å². The summed E-state index contributed by atoms with van der Waals surface area (Å²) in [4.78, 5) is 10.6. The molecule has 2 heteroatoms. The average molecular weight is 687 g/mol. The van der Waals surface area contributed by atoms with Crippen molar-refractivity contribution in [2.45, 2.75) is 0 Å². The lowest BCUT2D eigenvalue weighted by Crippen LogP contribution is -1.97. The van der Waals surface area contributed by atoms with Gasteiger partial charge in [0.15, 0.2) is 5.82 Å². The first-order valence-corrected chi connectivity index (χ1v) is 18.4. The van der Waals surface area contributed by atoms with Crippen molar-refractivity contribution < 1.29 is 0 Å². The van der Waals surface area contributed by atoms with Crippen molar-refractivity contribution in [2.75, 3.05) is 0 Å². The molecule has 0 unspecified atom stereocenters. The summed E-state index contributed by atoms with van der Waals surface area (Å²) >= 11 is 0. The van der Waals surface area contributed by atoms with Gasteiger partial charge in [0.1, 0.15) is 0 Å². The van der Waals surface area contributed by atoms with Crippen molar-refractivity contribution in [3.05, 3.63) is 206 Å². The normalized spacial score (nSPS) is 11.3. The summed E-state index contributed by atoms with van der Waals surface area (Å²) in [6, 6.07) is 73.5. The molecule has 1 aromatic heterocycles. The Morgan fingerprint density at radius 1 is 0.259 bits per heavy atom. The van der Waals surface area contributed by atoms with E-state index in [1.54, 1.807) is 0 Å². The van der Waals surface area contributed by atoms with Crippen LogP contribution in [0.2, 0.25) is 0 Å². The molecule has 10 aromatic rings. The quantitative estimate of drug-likeness (QED) is 0.174. The third-order valence-electron chi connectivity index (χ3n) is 10.5. The molecule has 0 atom stereocenters. The molecule has 0 aliphatic rings. The van der Waals surface area contributed by atoms with Gasteiger partial charge in [-0.3, -0.25) is 0 Å². The largest absolute Gasteiger partial charge is 0.228 e. The van der Waals surface area contributed by atoms with Crippen LogP contribution in [0, 0.1) is 0 Å². The summed E-state index contributed by atoms with van der Waals surface area (Å²) in [5, 5.41) is 7.18. The summed E-state index contributed by atoms with van der Waals surface area (Å²) in [6.07, 6.45) is 0. The second-order valence-corrected chi connectivity index (χ2v) is 13.8. The Bertz CT molecular complexity index is 2970. The van der Waals surface area contributed by atoms with Crippen LogP contribution in [0.4, 0.5) is 0 Å². The molecule has 0 N–H and O–H groups in total. The average Bonchev–Trinajstić information content (AvgIpc) is 3.26. The van der Waals surface area contributed by atoms with Crippen LogP contribution in [0.5, 0.6) is 0 Å². The van der Waals surface area contributed by atoms with E-state index in [2.05, 4.69) is 206 Å². The van der Waals surface area contributed by atoms with Gasteiger partial charge in [0.25, 0.3) is 0 Å². The fraction of sp³-hybridized carbons (Fsp3) is 0. The second kappa shape index (κ2) is 13.4. The predicted molar refractivity (Wildman–Crippen MR) is 227 cm³/mol. The number of hydrogen-bond acceptors (Lipinski definition) is 2. The van der Waals surface area contributed by atoms with Gasteiger partial charge >= 0.3 is 0 Å². The van der Waals surface area contributed by atoms with E-state index in [9.17, 15) is 0 Å². The smallest absolute Gasteiger partial charge is 0.160 e. The van der Waals surface area contributed by atoms with Crippen LogP contribution >= 0.6 is 0 Å². The van der Waals surface area contributed by atoms with Gasteiger partial charge in [-0.25, -0.2) is 9.97 Å². The zero-order valence-corrected chi connectivity index (χ0v) is 29.5. The van der Waals surface area contributed by atoms with Gasteiger partial charge in [0.2, 0.25) is 0 Å². The Kier molecular flexibility index (Phi) is 7.85. The van der Waals surface area contributed by atoms with Gasteiger partial charge in [0.05, 0.1) is 11.4 Å². The van der Waals surface area contributed by atoms with E-state index < -0.39 is 0 Å². The van der Waals surface area contributed by atoms with Gasteiger partial charge in [-0.15, -0.1) is 0 Å². The first-order chi connectivity index (χ1) is 26.7. The lowest BCUT2D eigenvalue weighted by molar-refractivity contribution is 1.19. The number of fused-ring (bicyclic) bond motifs is 3. The monoisotopic (exact) mass is 686 g/mol. The molecule has 10 rings (SSSR count). The van der Waals surface area contributed by atoms with Crippen molar-refractivity contribution in [3.63, 3.8) is 0 Å². The van der Waals surface area contributed by atoms with Gasteiger partial charge in [-0.2, -0.15) is 0 Å². The second-order valence-electron chi connectivity index (χ2n) is 13.8. The summed E-state index contributed by atoms with van der Waals surface area (Å²) in [7, 11) is 0. The van der Waals surface area contributed by atoms with E-state index in [0.717, 1.165) is 39.0 Å². The lowest BCUT2D eigenvalue weighted by atomic mass is 9.92. The maximum atomic E-state index is 5.36. The first kappa shape index (κ1) is 31.6. The topological polar surface area (TPSA) is 25.8 Å². The highest BCUT2D eigenvalue weighted by molar-refractivity contribution is 6.06. The van der Waals surface area contributed by atoms with Gasteiger partial charge in [-0.1, -0.05) is 182 Å². The molecular formula is C52H34N2. The fourth-order valence-electron chi connectivity index (χ4n) is 7.79. The van der Waals surface area contributed by atoms with Gasteiger partial charge in [0, 0.05) is 16.7 Å². The number of hydrogen-bond donors (Lipinski definition) is 0. The molecule has 0 aliphatic carbocycles. The summed E-state index contributed by atoms with van der Waals surface area (Å²) < 4.78 is 0. The molecule has 0 saturated carbocycles. The van der Waals surface area contributed by atoms with E-state index >= 15 is 0 Å². The molecule has 0 amide bonds. The van der Waals surface area contributed by atoms with Crippen molar-refractivity contribution in [2.24, 2.45) is 0 Å². The number of nitrogens with zero attached hydrogens (tertiary/aromatic N) is 2. The Labute approximate surface area is 314 Å². The van der Waals surface area contributed by atoms with Crippen LogP contribution in [-0.4, -0.2) is 9.97 Å². The molecule has 0 radical (unpaired) electrons. The van der Waals surface area contributed by atoms with E-state index in [1.165, 1.54) is 54.7 Å². The van der Waals surface area contributed by atoms with E-state index in [1.807, 2.05) is 0 Å². The highest BCUT2D eigenvalue weighted by Crippen LogP contribution is 2.39. The molecule has 0 spiro atoms. The maximum Gasteiger partial charge on any atom is 0.160 e. The van der Waals surface area contributed by atoms with E-state index in [-0.39, 0.29) is 0 Å². The third kappa shape index (κ3) is 5.81. The Hall–Kier alpha value is -7.16. The molecule has 0 bridgehead atoms. The van der Waals surface area contributed by atoms with E-state index in [0.29, 0.717) is 5.82 Å². The Balaban J connectivity index is 1.15. The highest BCUT2D eigenvalue weighted by Gasteiger charge is 2.16. The molecular weight excluding hydrogens is 653 g/mol. The van der Waals surface area contributed by atoms with Crippen molar-refractivity contribution in [3.8, 4) is 67.3 Å². The minimum atomic E-state index is 0.696. The Morgan fingerprint density at radius 2 is 0.815 bits per heavy atom. The first-order valence-electron chi connectivity index (χ1n) is 18.4.